The molecule has 0 bridgehead atoms. The number of hydrogen-bond acceptors (Lipinski definition) is 27. The van der Waals surface area contributed by atoms with Crippen molar-refractivity contribution < 1.29 is 134 Å². The Kier molecular flexibility index (Phi) is 18.2. The van der Waals surface area contributed by atoms with Crippen LogP contribution in [0.2, 0.25) is 0 Å². The van der Waals surface area contributed by atoms with Crippen molar-refractivity contribution >= 4 is 5.97 Å². The van der Waals surface area contributed by atoms with Crippen molar-refractivity contribution in [2.45, 2.75) is 247 Å². The molecule has 10 rings (SSSR count). The van der Waals surface area contributed by atoms with E-state index in [9.17, 15) is 81.7 Å². The standard InChI is InChI=1S/C57H92O27/c1-23-39(80-45-38(71)40(29(64)19-75-45)81-49-43(72)57(74,21-60)22-77-49)35(68)37(70)46(78-23)82-41-32(65)28(63)18-76-48(41)84-50(73)56-12-10-51(2,3)14-25(56)24-8-9-31-52(4)15-27(62)44(83-47-36(69)34(67)33(66)30(17-58)79-47)53(5,20-59)42(52)26(61)16-55(31,7)54(24,6)11-13-56/h8,23,25-49,58-72,74H,9-22H2,1-7H3/t23-,25-,26+,27-,28-,29+,30+,31?,32-,33+,34-,35-,36+,37+,38+,39-,40-,41+,42?,43-,44-,45-,46-,47-,48-,49-,52+,53-,54+,55+,56-,57+/m0/s1. The van der Waals surface area contributed by atoms with Gasteiger partial charge in [0.1, 0.15) is 85.0 Å². The lowest BCUT2D eigenvalue weighted by molar-refractivity contribution is -0.372. The van der Waals surface area contributed by atoms with Gasteiger partial charge in [0.2, 0.25) is 6.29 Å². The summed E-state index contributed by atoms with van der Waals surface area (Å²) in [6, 6.07) is 0. The van der Waals surface area contributed by atoms with Crippen LogP contribution in [0.1, 0.15) is 99.8 Å². The highest BCUT2D eigenvalue weighted by Crippen LogP contribution is 2.76. The van der Waals surface area contributed by atoms with E-state index in [-0.39, 0.29) is 24.2 Å². The van der Waals surface area contributed by atoms with Gasteiger partial charge in [-0.3, -0.25) is 4.79 Å². The number of allylic oxidation sites excluding steroid dienone is 2. The third-order valence-electron chi connectivity index (χ3n) is 22.4. The smallest absolute Gasteiger partial charge is 0.315 e. The predicted octanol–water partition coefficient (Wildman–Crippen LogP) is -4.35. The largest absolute Gasteiger partial charge is 0.432 e. The van der Waals surface area contributed by atoms with E-state index in [1.165, 1.54) is 6.92 Å². The Bertz CT molecular complexity index is 2370. The normalized spacial score (nSPS) is 55.6. The maximum absolute atomic E-state index is 15.4. The van der Waals surface area contributed by atoms with Gasteiger partial charge in [-0.1, -0.05) is 53.2 Å². The second kappa shape index (κ2) is 23.5. The molecule has 16 N–H and O–H groups in total. The summed E-state index contributed by atoms with van der Waals surface area (Å²) in [7, 11) is 0. The molecule has 0 aromatic rings. The molecule has 5 heterocycles. The maximum Gasteiger partial charge on any atom is 0.315 e. The molecule has 9 fully saturated rings. The molecule has 0 spiro atoms. The second-order valence-corrected chi connectivity index (χ2v) is 28.0. The number of esters is 1. The summed E-state index contributed by atoms with van der Waals surface area (Å²) in [4.78, 5) is 15.4. The summed E-state index contributed by atoms with van der Waals surface area (Å²) < 4.78 is 58.7. The number of fused-ring (bicyclic) bond motifs is 7. The van der Waals surface area contributed by atoms with Crippen LogP contribution in [0.3, 0.4) is 0 Å². The molecule has 5 aliphatic carbocycles. The Balaban J connectivity index is 0.854. The lowest BCUT2D eigenvalue weighted by atomic mass is 9.33. The summed E-state index contributed by atoms with van der Waals surface area (Å²) >= 11 is 0. The van der Waals surface area contributed by atoms with Gasteiger partial charge in [0.05, 0.1) is 69.5 Å². The quantitative estimate of drug-likeness (QED) is 0.0471. The topological polar surface area (TPSA) is 433 Å². The Hall–Kier alpha value is -1.79. The summed E-state index contributed by atoms with van der Waals surface area (Å²) in [5, 5.41) is 176. The number of carbonyl (C=O) groups excluding carboxylic acids is 1. The Morgan fingerprint density at radius 1 is 0.595 bits per heavy atom. The molecule has 0 aromatic heterocycles. The van der Waals surface area contributed by atoms with Gasteiger partial charge in [-0.25, -0.2) is 0 Å². The molecular weight excluding hydrogens is 1120 g/mol. The minimum absolute atomic E-state index is 0.103. The van der Waals surface area contributed by atoms with Crippen molar-refractivity contribution in [3.63, 3.8) is 0 Å². The number of aliphatic hydroxyl groups excluding tert-OH is 15. The van der Waals surface area contributed by atoms with Crippen LogP contribution in [0, 0.1) is 50.2 Å². The van der Waals surface area contributed by atoms with Crippen molar-refractivity contribution in [2.75, 3.05) is 39.6 Å². The van der Waals surface area contributed by atoms with Crippen molar-refractivity contribution in [2.24, 2.45) is 50.2 Å². The lowest BCUT2D eigenvalue weighted by Crippen LogP contribution is -2.72. The highest BCUT2D eigenvalue weighted by atomic mass is 16.8. The minimum Gasteiger partial charge on any atom is -0.432 e. The van der Waals surface area contributed by atoms with E-state index in [2.05, 4.69) is 33.8 Å². The van der Waals surface area contributed by atoms with Crippen LogP contribution in [-0.4, -0.2) is 274 Å². The van der Waals surface area contributed by atoms with E-state index in [0.717, 1.165) is 5.57 Å². The van der Waals surface area contributed by atoms with Gasteiger partial charge in [0, 0.05) is 11.3 Å². The van der Waals surface area contributed by atoms with Gasteiger partial charge in [0.15, 0.2) is 31.3 Å². The summed E-state index contributed by atoms with van der Waals surface area (Å²) in [5.74, 6) is -1.91. The molecule has 4 saturated carbocycles. The first-order valence-electron chi connectivity index (χ1n) is 29.7. The second-order valence-electron chi connectivity index (χ2n) is 28.0. The summed E-state index contributed by atoms with van der Waals surface area (Å²) in [6.45, 7) is 10.2. The Morgan fingerprint density at radius 3 is 1.89 bits per heavy atom. The molecule has 27 nitrogen and oxygen atoms in total. The minimum atomic E-state index is -2.07. The van der Waals surface area contributed by atoms with E-state index in [0.29, 0.717) is 38.5 Å². The van der Waals surface area contributed by atoms with E-state index in [1.807, 2.05) is 6.92 Å². The number of aliphatic hydroxyl groups is 16. The molecule has 0 aromatic carbocycles. The third-order valence-corrected chi connectivity index (χ3v) is 22.4. The zero-order valence-electron chi connectivity index (χ0n) is 48.6. The molecule has 27 heteroatoms. The highest BCUT2D eigenvalue weighted by molar-refractivity contribution is 5.79. The van der Waals surface area contributed by atoms with Gasteiger partial charge in [-0.2, -0.15) is 0 Å². The third kappa shape index (κ3) is 10.5. The van der Waals surface area contributed by atoms with Crippen molar-refractivity contribution in [1.82, 2.24) is 0 Å². The monoisotopic (exact) mass is 1210 g/mol. The molecule has 0 radical (unpaired) electrons. The van der Waals surface area contributed by atoms with E-state index < -0.39 is 231 Å². The van der Waals surface area contributed by atoms with Crippen LogP contribution in [0.4, 0.5) is 0 Å². The molecule has 5 saturated heterocycles. The zero-order valence-corrected chi connectivity index (χ0v) is 48.6. The SMILES string of the molecule is C[C@@H]1O[C@@H](O[C@H]2[C@H](OC(=O)[C@]34CCC(C)(C)C[C@H]3C3=CCC5[C@@]6(C)C[C@H](O)[C@H](O[C@@H]7O[C@H](CO)[C@@H](O)[C@H](O)[C@H]7O)[C@@](C)(CO)C6[C@H](O)C[C@@]5(C)[C@]3(C)CC4)OC[C@H](O)[C@@H]2O)[C@H](O)[C@H](O)[C@H]1O[C@@H]1OC[C@@H](O)[C@H](O[C@@H]2OC[C@](O)(CO)[C@H]2O)[C@H]1O. The van der Waals surface area contributed by atoms with Gasteiger partial charge >= 0.3 is 5.97 Å². The molecule has 10 aliphatic rings. The fourth-order valence-electron chi connectivity index (χ4n) is 17.5. The van der Waals surface area contributed by atoms with Gasteiger partial charge in [0.25, 0.3) is 0 Å². The van der Waals surface area contributed by atoms with E-state index in [1.54, 1.807) is 6.92 Å². The molecule has 482 valence electrons. The fourth-order valence-corrected chi connectivity index (χ4v) is 17.5. The number of hydrogen-bond donors (Lipinski definition) is 16. The first-order valence-corrected chi connectivity index (χ1v) is 29.7. The Labute approximate surface area is 486 Å². The average molecular weight is 1210 g/mol. The van der Waals surface area contributed by atoms with Crippen molar-refractivity contribution in [3.8, 4) is 0 Å². The van der Waals surface area contributed by atoms with Crippen LogP contribution in [-0.2, 0) is 52.2 Å². The molecule has 5 aliphatic heterocycles. The first kappa shape index (κ1) is 65.2. The van der Waals surface area contributed by atoms with Crippen molar-refractivity contribution in [1.29, 1.82) is 0 Å². The van der Waals surface area contributed by atoms with Gasteiger partial charge < -0.3 is 129 Å². The van der Waals surface area contributed by atoms with Crippen LogP contribution in [0.25, 0.3) is 0 Å². The van der Waals surface area contributed by atoms with Gasteiger partial charge in [-0.15, -0.1) is 0 Å². The van der Waals surface area contributed by atoms with Crippen LogP contribution >= 0.6 is 0 Å². The molecular formula is C57H92O27. The number of ether oxygens (including phenoxy) is 10. The van der Waals surface area contributed by atoms with E-state index in [4.69, 9.17) is 47.4 Å². The molecule has 84 heavy (non-hydrogen) atoms. The zero-order chi connectivity index (χ0) is 61.3. The Morgan fingerprint density at radius 2 is 1.23 bits per heavy atom. The molecule has 32 atom stereocenters. The molecule has 2 unspecified atom stereocenters. The highest BCUT2D eigenvalue weighted by Gasteiger charge is 2.73. The van der Waals surface area contributed by atoms with Crippen LogP contribution < -0.4 is 0 Å². The molecule has 0 amide bonds. The van der Waals surface area contributed by atoms with Crippen LogP contribution in [0.15, 0.2) is 11.6 Å². The number of carbonyl (C=O) groups is 1. The average Bonchev–Trinajstić information content (AvgIpc) is 0.752. The first-order chi connectivity index (χ1) is 39.3. The lowest BCUT2D eigenvalue weighted by Gasteiger charge is -2.72. The predicted molar refractivity (Wildman–Crippen MR) is 280 cm³/mol. The summed E-state index contributed by atoms with van der Waals surface area (Å²) in [5.41, 5.74) is -5.91. The van der Waals surface area contributed by atoms with Crippen LogP contribution in [0.5, 0.6) is 0 Å². The fraction of sp³-hybridized carbons (Fsp3) is 0.947. The maximum atomic E-state index is 15.4. The number of rotatable bonds is 13. The van der Waals surface area contributed by atoms with Crippen molar-refractivity contribution in [3.05, 3.63) is 11.6 Å². The van der Waals surface area contributed by atoms with E-state index >= 15 is 4.79 Å². The summed E-state index contributed by atoms with van der Waals surface area (Å²) in [6.07, 6.45) is -30.9. The van der Waals surface area contributed by atoms with Gasteiger partial charge in [-0.05, 0) is 91.8 Å².